The molecule has 0 bridgehead atoms. The van der Waals surface area contributed by atoms with Gasteiger partial charge in [-0.15, -0.1) is 11.3 Å². The van der Waals surface area contributed by atoms with Crippen LogP contribution in [0.3, 0.4) is 0 Å². The molecule has 2 heterocycles. The summed E-state index contributed by atoms with van der Waals surface area (Å²) in [6.07, 6.45) is 0. The monoisotopic (exact) mass is 870 g/mol. The summed E-state index contributed by atoms with van der Waals surface area (Å²) in [5, 5.41) is 7.68. The third-order valence-corrected chi connectivity index (χ3v) is 14.5. The second kappa shape index (κ2) is 16.2. The first-order valence-electron chi connectivity index (χ1n) is 22.9. The van der Waals surface area contributed by atoms with Gasteiger partial charge in [-0.05, 0) is 140 Å². The van der Waals surface area contributed by atoms with Crippen LogP contribution in [-0.4, -0.2) is 4.57 Å². The number of anilines is 3. The molecule has 3 heteroatoms. The highest BCUT2D eigenvalue weighted by Crippen LogP contribution is 2.41. The van der Waals surface area contributed by atoms with Crippen LogP contribution in [0.2, 0.25) is 0 Å². The van der Waals surface area contributed by atoms with Crippen LogP contribution in [0.15, 0.2) is 255 Å². The molecule has 0 amide bonds. The molecule has 13 aromatic rings. The normalized spacial score (nSPS) is 11.6. The number of thiophene rings is 1. The first-order chi connectivity index (χ1) is 33.2. The Bertz CT molecular complexity index is 3920. The van der Waals surface area contributed by atoms with E-state index in [1.807, 2.05) is 11.3 Å². The van der Waals surface area contributed by atoms with Gasteiger partial charge in [0, 0.05) is 53.7 Å². The van der Waals surface area contributed by atoms with Crippen molar-refractivity contribution in [1.29, 1.82) is 0 Å². The maximum absolute atomic E-state index is 2.39. The number of fused-ring (bicyclic) bond motifs is 7. The number of hydrogen-bond donors (Lipinski definition) is 0. The average molecular weight is 871 g/mol. The minimum atomic E-state index is 1.09. The molecule has 0 aliphatic heterocycles. The number of aromatic nitrogens is 1. The summed E-state index contributed by atoms with van der Waals surface area (Å²) in [5.74, 6) is 0. The van der Waals surface area contributed by atoms with Gasteiger partial charge < -0.3 is 9.47 Å². The molecule has 0 radical (unpaired) electrons. The maximum Gasteiger partial charge on any atom is 0.0541 e. The van der Waals surface area contributed by atoms with E-state index in [1.165, 1.54) is 97.3 Å². The van der Waals surface area contributed by atoms with E-state index in [1.54, 1.807) is 0 Å². The molecule has 314 valence electrons. The molecule has 2 nitrogen and oxygen atoms in total. The molecule has 13 rings (SSSR count). The first kappa shape index (κ1) is 38.9. The highest BCUT2D eigenvalue weighted by atomic mass is 32.1. The summed E-state index contributed by atoms with van der Waals surface area (Å²) in [7, 11) is 0. The first-order valence-corrected chi connectivity index (χ1v) is 23.7. The van der Waals surface area contributed by atoms with Gasteiger partial charge in [-0.1, -0.05) is 170 Å². The average Bonchev–Trinajstić information content (AvgIpc) is 3.95. The number of rotatable bonds is 8. The van der Waals surface area contributed by atoms with Gasteiger partial charge in [0.15, 0.2) is 0 Å². The van der Waals surface area contributed by atoms with Crippen molar-refractivity contribution in [2.45, 2.75) is 0 Å². The number of hydrogen-bond acceptors (Lipinski definition) is 2. The molecule has 0 saturated carbocycles. The lowest BCUT2D eigenvalue weighted by Gasteiger charge is -2.26. The van der Waals surface area contributed by atoms with E-state index in [2.05, 4.69) is 264 Å². The second-order valence-corrected chi connectivity index (χ2v) is 18.4. The fraction of sp³-hybridized carbons (Fsp3) is 0. The number of para-hydroxylation sites is 2. The van der Waals surface area contributed by atoms with Crippen LogP contribution in [0.25, 0.3) is 103 Å². The summed E-state index contributed by atoms with van der Waals surface area (Å²) in [6, 6.07) is 93.2. The standard InChI is InChI=1S/C64H42N2S/c1-2-12-47-40-51(24-23-43(47)11-1)49-14-9-13-48(39-49)44-25-32-53(33-26-44)65(55-36-29-46(30-37-55)52-31-38-60-59-19-5-8-22-63(59)67-64(60)42-52)54-34-27-45(28-35-54)50-15-10-16-56(41-50)66-61-20-6-3-17-57(61)58-18-4-7-21-62(58)66/h1-42H. The van der Waals surface area contributed by atoms with Crippen molar-refractivity contribution in [3.63, 3.8) is 0 Å². The Morgan fingerprint density at radius 3 is 1.36 bits per heavy atom. The topological polar surface area (TPSA) is 8.17 Å². The van der Waals surface area contributed by atoms with Gasteiger partial charge in [-0.2, -0.15) is 0 Å². The SMILES string of the molecule is c1cc(-c2ccc(N(c3ccc(-c4cccc(-n5c6ccccc6c6ccccc65)c4)cc3)c3ccc(-c4ccc5c(c4)sc4ccccc45)cc3)cc2)cc(-c2ccc3ccccc3c2)c1. The Hall–Kier alpha value is -8.50. The van der Waals surface area contributed by atoms with Crippen molar-refractivity contribution in [2.75, 3.05) is 4.90 Å². The number of nitrogens with zero attached hydrogens (tertiary/aromatic N) is 2. The molecule has 0 aliphatic rings. The minimum absolute atomic E-state index is 1.09. The van der Waals surface area contributed by atoms with Crippen LogP contribution in [0.4, 0.5) is 17.1 Å². The van der Waals surface area contributed by atoms with Gasteiger partial charge in [-0.3, -0.25) is 0 Å². The van der Waals surface area contributed by atoms with Crippen molar-refractivity contribution in [1.82, 2.24) is 4.57 Å². The Labute approximate surface area is 393 Å². The molecule has 67 heavy (non-hydrogen) atoms. The minimum Gasteiger partial charge on any atom is -0.311 e. The largest absolute Gasteiger partial charge is 0.311 e. The van der Waals surface area contributed by atoms with Crippen molar-refractivity contribution in [3.8, 4) is 50.2 Å². The van der Waals surface area contributed by atoms with Gasteiger partial charge in [0.1, 0.15) is 0 Å². The van der Waals surface area contributed by atoms with Crippen molar-refractivity contribution in [3.05, 3.63) is 255 Å². The molecule has 0 aliphatic carbocycles. The molecule has 0 N–H and O–H groups in total. The van der Waals surface area contributed by atoms with Crippen molar-refractivity contribution < 1.29 is 0 Å². The van der Waals surface area contributed by atoms with Crippen LogP contribution < -0.4 is 4.90 Å². The van der Waals surface area contributed by atoms with E-state index in [0.29, 0.717) is 0 Å². The van der Waals surface area contributed by atoms with Gasteiger partial charge in [0.05, 0.1) is 11.0 Å². The Morgan fingerprint density at radius 2 is 0.716 bits per heavy atom. The summed E-state index contributed by atoms with van der Waals surface area (Å²) in [6.45, 7) is 0. The maximum atomic E-state index is 2.39. The van der Waals surface area contributed by atoms with Crippen LogP contribution in [0, 0.1) is 0 Å². The lowest BCUT2D eigenvalue weighted by molar-refractivity contribution is 1.18. The summed E-state index contributed by atoms with van der Waals surface area (Å²) in [4.78, 5) is 2.37. The highest BCUT2D eigenvalue weighted by molar-refractivity contribution is 7.25. The molecule has 0 saturated heterocycles. The van der Waals surface area contributed by atoms with E-state index >= 15 is 0 Å². The van der Waals surface area contributed by atoms with E-state index in [0.717, 1.165) is 22.7 Å². The van der Waals surface area contributed by atoms with E-state index in [-0.39, 0.29) is 0 Å². The Morgan fingerprint density at radius 1 is 0.269 bits per heavy atom. The predicted molar refractivity (Wildman–Crippen MR) is 288 cm³/mol. The van der Waals surface area contributed by atoms with E-state index in [9.17, 15) is 0 Å². The molecular formula is C64H42N2S. The fourth-order valence-corrected chi connectivity index (χ4v) is 11.2. The zero-order chi connectivity index (χ0) is 44.3. The summed E-state index contributed by atoms with van der Waals surface area (Å²) < 4.78 is 5.02. The molecule has 0 atom stereocenters. The molecule has 11 aromatic carbocycles. The van der Waals surface area contributed by atoms with Crippen LogP contribution in [0.1, 0.15) is 0 Å². The van der Waals surface area contributed by atoms with Gasteiger partial charge in [0.2, 0.25) is 0 Å². The number of benzene rings is 11. The summed E-state index contributed by atoms with van der Waals surface area (Å²) in [5.41, 5.74) is 16.4. The van der Waals surface area contributed by atoms with Crippen LogP contribution >= 0.6 is 11.3 Å². The van der Waals surface area contributed by atoms with Gasteiger partial charge in [-0.25, -0.2) is 0 Å². The molecule has 2 aromatic heterocycles. The second-order valence-electron chi connectivity index (χ2n) is 17.3. The van der Waals surface area contributed by atoms with E-state index in [4.69, 9.17) is 0 Å². The van der Waals surface area contributed by atoms with Gasteiger partial charge >= 0.3 is 0 Å². The van der Waals surface area contributed by atoms with Crippen molar-refractivity contribution >= 4 is 81.1 Å². The molecule has 0 fully saturated rings. The fourth-order valence-electron chi connectivity index (χ4n) is 10.0. The van der Waals surface area contributed by atoms with Crippen LogP contribution in [0.5, 0.6) is 0 Å². The zero-order valence-electron chi connectivity index (χ0n) is 36.6. The highest BCUT2D eigenvalue weighted by Gasteiger charge is 2.16. The zero-order valence-corrected chi connectivity index (χ0v) is 37.4. The smallest absolute Gasteiger partial charge is 0.0541 e. The molecular weight excluding hydrogens is 829 g/mol. The third-order valence-electron chi connectivity index (χ3n) is 13.4. The van der Waals surface area contributed by atoms with Gasteiger partial charge in [0.25, 0.3) is 0 Å². The van der Waals surface area contributed by atoms with E-state index < -0.39 is 0 Å². The lowest BCUT2D eigenvalue weighted by atomic mass is 9.97. The third kappa shape index (κ3) is 6.96. The predicted octanol–water partition coefficient (Wildman–Crippen LogP) is 18.4. The van der Waals surface area contributed by atoms with Crippen LogP contribution in [-0.2, 0) is 0 Å². The van der Waals surface area contributed by atoms with Crippen molar-refractivity contribution in [2.24, 2.45) is 0 Å². The molecule has 0 unspecified atom stereocenters. The lowest BCUT2D eigenvalue weighted by Crippen LogP contribution is -2.09. The quantitative estimate of drug-likeness (QED) is 0.148. The molecule has 0 spiro atoms. The Balaban J connectivity index is 0.857. The Kier molecular flexibility index (Phi) is 9.40. The summed E-state index contributed by atoms with van der Waals surface area (Å²) >= 11 is 1.86.